The molecule has 2 atom stereocenters. The maximum absolute atomic E-state index is 16.1. The van der Waals surface area contributed by atoms with Gasteiger partial charge in [-0.1, -0.05) is 45.2 Å². The number of benzene rings is 1. The highest BCUT2D eigenvalue weighted by molar-refractivity contribution is 5.93. The number of fused-ring (bicyclic) bond motifs is 1. The van der Waals surface area contributed by atoms with Gasteiger partial charge in [0, 0.05) is 36.9 Å². The molecule has 1 saturated heterocycles. The van der Waals surface area contributed by atoms with Crippen LogP contribution in [0.5, 0.6) is 0 Å². The zero-order valence-electron chi connectivity index (χ0n) is 25.2. The van der Waals surface area contributed by atoms with Gasteiger partial charge in [0.1, 0.15) is 17.3 Å². The minimum atomic E-state index is -1.07. The van der Waals surface area contributed by atoms with Gasteiger partial charge in [-0.2, -0.15) is 4.98 Å². The highest BCUT2D eigenvalue weighted by atomic mass is 19.1. The standard InChI is InChI=1S/C33H33F3N6O2/c1-8-22-10-9-11-24(35)26(22)28-25(36)14-23-30(38-28)42(29-18(4)12-13-37-27(29)17(2)3)33(44)39-31(23)41-19(5)15-40(16-20(41)6)32(43)21(7)34/h8-14,17,19-20H,1,7,15-16H2,2-6H3/t19-,20-/m0/s1. The van der Waals surface area contributed by atoms with E-state index in [-0.39, 0.29) is 47.1 Å². The number of aryl methyl sites for hydroxylation is 1. The smallest absolute Gasteiger partial charge is 0.347 e. The molecule has 1 fully saturated rings. The van der Waals surface area contributed by atoms with Gasteiger partial charge in [0.15, 0.2) is 17.3 Å². The second-order valence-corrected chi connectivity index (χ2v) is 11.4. The molecule has 0 saturated carbocycles. The molecule has 8 nitrogen and oxygen atoms in total. The number of amides is 1. The fourth-order valence-electron chi connectivity index (χ4n) is 6.00. The summed E-state index contributed by atoms with van der Waals surface area (Å²) in [5.41, 5.74) is 1.09. The maximum Gasteiger partial charge on any atom is 0.355 e. The summed E-state index contributed by atoms with van der Waals surface area (Å²) in [7, 11) is 0. The number of hydrogen-bond acceptors (Lipinski definition) is 6. The minimum absolute atomic E-state index is 0.0581. The van der Waals surface area contributed by atoms with E-state index in [0.717, 1.165) is 0 Å². The molecule has 44 heavy (non-hydrogen) atoms. The number of pyridine rings is 2. The van der Waals surface area contributed by atoms with E-state index in [9.17, 15) is 14.0 Å². The molecule has 4 heterocycles. The van der Waals surface area contributed by atoms with Crippen molar-refractivity contribution >= 4 is 28.8 Å². The fourth-order valence-corrected chi connectivity index (χ4v) is 6.00. The molecule has 0 unspecified atom stereocenters. The van der Waals surface area contributed by atoms with Gasteiger partial charge < -0.3 is 9.80 Å². The number of anilines is 1. The Morgan fingerprint density at radius 3 is 2.39 bits per heavy atom. The molecular weight excluding hydrogens is 569 g/mol. The Balaban J connectivity index is 1.85. The Bertz CT molecular complexity index is 1870. The fraction of sp³-hybridized carbons (Fsp3) is 0.303. The first-order chi connectivity index (χ1) is 20.8. The van der Waals surface area contributed by atoms with Crippen molar-refractivity contribution in [2.24, 2.45) is 0 Å². The summed E-state index contributed by atoms with van der Waals surface area (Å²) in [6.45, 7) is 16.4. The van der Waals surface area contributed by atoms with Crippen molar-refractivity contribution in [1.29, 1.82) is 0 Å². The Hall–Kier alpha value is -4.80. The average molecular weight is 603 g/mol. The third-order valence-electron chi connectivity index (χ3n) is 7.91. The molecule has 0 N–H and O–H groups in total. The first-order valence-electron chi connectivity index (χ1n) is 14.3. The van der Waals surface area contributed by atoms with E-state index in [0.29, 0.717) is 22.5 Å². The van der Waals surface area contributed by atoms with Gasteiger partial charge >= 0.3 is 5.69 Å². The monoisotopic (exact) mass is 602 g/mol. The second kappa shape index (κ2) is 11.7. The molecule has 4 aromatic rings. The Labute approximate surface area is 253 Å². The van der Waals surface area contributed by atoms with E-state index < -0.39 is 41.1 Å². The quantitative estimate of drug-likeness (QED) is 0.248. The lowest BCUT2D eigenvalue weighted by molar-refractivity contribution is -0.129. The molecule has 1 amide bonds. The van der Waals surface area contributed by atoms with Crippen molar-refractivity contribution in [3.8, 4) is 16.9 Å². The molecule has 1 aromatic carbocycles. The number of halogens is 3. The molecular formula is C33H33F3N6O2. The number of carbonyl (C=O) groups is 1. The minimum Gasteiger partial charge on any atom is -0.347 e. The Morgan fingerprint density at radius 2 is 1.77 bits per heavy atom. The summed E-state index contributed by atoms with van der Waals surface area (Å²) in [4.78, 5) is 43.2. The number of rotatable bonds is 6. The van der Waals surface area contributed by atoms with Gasteiger partial charge in [-0.05, 0) is 56.0 Å². The molecule has 0 bridgehead atoms. The van der Waals surface area contributed by atoms with Crippen molar-refractivity contribution in [3.05, 3.63) is 94.5 Å². The predicted molar refractivity (Wildman–Crippen MR) is 165 cm³/mol. The Kier molecular flexibility index (Phi) is 8.15. The van der Waals surface area contributed by atoms with Gasteiger partial charge in [0.25, 0.3) is 5.91 Å². The van der Waals surface area contributed by atoms with Crippen molar-refractivity contribution in [3.63, 3.8) is 0 Å². The van der Waals surface area contributed by atoms with Crippen LogP contribution in [-0.4, -0.2) is 55.5 Å². The van der Waals surface area contributed by atoms with Crippen molar-refractivity contribution in [2.75, 3.05) is 18.0 Å². The molecule has 3 aromatic heterocycles. The SMILES string of the molecule is C=Cc1cccc(F)c1-c1nc2c(cc1F)c(N1[C@@H](C)CN(C(=O)C(=C)F)C[C@@H]1C)nc(=O)n2-c1c(C)ccnc1C(C)C. The lowest BCUT2D eigenvalue weighted by Gasteiger charge is -2.45. The van der Waals surface area contributed by atoms with Gasteiger partial charge in [-0.15, -0.1) is 0 Å². The summed E-state index contributed by atoms with van der Waals surface area (Å²) < 4.78 is 46.4. The van der Waals surface area contributed by atoms with Crippen LogP contribution in [0.15, 0.2) is 60.3 Å². The van der Waals surface area contributed by atoms with Crippen molar-refractivity contribution in [1.82, 2.24) is 24.4 Å². The third-order valence-corrected chi connectivity index (χ3v) is 7.91. The summed E-state index contributed by atoms with van der Waals surface area (Å²) in [6, 6.07) is 6.37. The lowest BCUT2D eigenvalue weighted by atomic mass is 10.0. The van der Waals surface area contributed by atoms with Crippen LogP contribution in [0.2, 0.25) is 0 Å². The third kappa shape index (κ3) is 5.16. The summed E-state index contributed by atoms with van der Waals surface area (Å²) in [6.07, 6.45) is 3.06. The van der Waals surface area contributed by atoms with Crippen molar-refractivity contribution < 1.29 is 18.0 Å². The van der Waals surface area contributed by atoms with Crippen LogP contribution in [0.4, 0.5) is 19.0 Å². The van der Waals surface area contributed by atoms with Crippen LogP contribution >= 0.6 is 0 Å². The largest absolute Gasteiger partial charge is 0.355 e. The summed E-state index contributed by atoms with van der Waals surface area (Å²) in [5, 5.41) is 0.202. The maximum atomic E-state index is 16.1. The number of carbonyl (C=O) groups excluding carboxylic acids is 1. The average Bonchev–Trinajstić information content (AvgIpc) is 2.96. The zero-order chi connectivity index (χ0) is 32.0. The van der Waals surface area contributed by atoms with E-state index in [2.05, 4.69) is 28.1 Å². The zero-order valence-corrected chi connectivity index (χ0v) is 25.2. The first-order valence-corrected chi connectivity index (χ1v) is 14.3. The number of piperazine rings is 1. The molecule has 1 aliphatic heterocycles. The molecule has 0 aliphatic carbocycles. The van der Waals surface area contributed by atoms with Crippen LogP contribution in [0, 0.1) is 18.6 Å². The van der Waals surface area contributed by atoms with E-state index in [1.54, 1.807) is 37.1 Å². The number of aromatic nitrogens is 4. The lowest BCUT2D eigenvalue weighted by Crippen LogP contribution is -2.59. The van der Waals surface area contributed by atoms with Crippen molar-refractivity contribution in [2.45, 2.75) is 52.6 Å². The van der Waals surface area contributed by atoms with Crippen LogP contribution in [0.25, 0.3) is 34.1 Å². The van der Waals surface area contributed by atoms with Gasteiger partial charge in [0.2, 0.25) is 0 Å². The van der Waals surface area contributed by atoms with E-state index in [4.69, 9.17) is 0 Å². The van der Waals surface area contributed by atoms with Crippen LogP contribution in [0.1, 0.15) is 50.4 Å². The van der Waals surface area contributed by atoms with Gasteiger partial charge in [0.05, 0.1) is 16.8 Å². The number of hydrogen-bond donors (Lipinski definition) is 0. The Morgan fingerprint density at radius 1 is 1.09 bits per heavy atom. The predicted octanol–water partition coefficient (Wildman–Crippen LogP) is 6.10. The first kappa shape index (κ1) is 30.7. The highest BCUT2D eigenvalue weighted by Gasteiger charge is 2.36. The normalized spacial score (nSPS) is 16.9. The molecule has 228 valence electrons. The summed E-state index contributed by atoms with van der Waals surface area (Å²) in [5.74, 6) is -3.35. The van der Waals surface area contributed by atoms with Crippen LogP contribution in [-0.2, 0) is 4.79 Å². The topological polar surface area (TPSA) is 84.2 Å². The second-order valence-electron chi connectivity index (χ2n) is 11.4. The highest BCUT2D eigenvalue weighted by Crippen LogP contribution is 2.36. The molecule has 0 radical (unpaired) electrons. The van der Waals surface area contributed by atoms with Gasteiger partial charge in [-0.25, -0.2) is 27.5 Å². The van der Waals surface area contributed by atoms with Gasteiger partial charge in [-0.3, -0.25) is 9.78 Å². The van der Waals surface area contributed by atoms with E-state index in [1.807, 2.05) is 20.8 Å². The number of nitrogens with zero attached hydrogens (tertiary/aromatic N) is 6. The van der Waals surface area contributed by atoms with E-state index >= 15 is 8.78 Å². The molecule has 1 aliphatic rings. The van der Waals surface area contributed by atoms with Crippen LogP contribution in [0.3, 0.4) is 0 Å². The summed E-state index contributed by atoms with van der Waals surface area (Å²) >= 11 is 0. The molecule has 5 rings (SSSR count). The van der Waals surface area contributed by atoms with E-state index in [1.165, 1.54) is 33.7 Å². The van der Waals surface area contributed by atoms with Crippen LogP contribution < -0.4 is 10.6 Å². The molecule has 11 heteroatoms. The molecule has 0 spiro atoms.